The Labute approximate surface area is 112 Å². The van der Waals surface area contributed by atoms with Crippen LogP contribution >= 0.6 is 0 Å². The molecule has 0 aliphatic carbocycles. The van der Waals surface area contributed by atoms with Crippen molar-refractivity contribution in [2.24, 2.45) is 18.6 Å². The number of aromatic nitrogens is 2. The van der Waals surface area contributed by atoms with Crippen molar-refractivity contribution in [3.8, 4) is 0 Å². The summed E-state index contributed by atoms with van der Waals surface area (Å²) in [6.45, 7) is 1.95. The van der Waals surface area contributed by atoms with E-state index in [0.29, 0.717) is 0 Å². The molecule has 1 aromatic heterocycles. The van der Waals surface area contributed by atoms with Gasteiger partial charge in [0.15, 0.2) is 0 Å². The van der Waals surface area contributed by atoms with Crippen molar-refractivity contribution in [2.75, 3.05) is 7.05 Å². The molecule has 6 nitrogen and oxygen atoms in total. The van der Waals surface area contributed by atoms with Crippen molar-refractivity contribution >= 4 is 16.9 Å². The summed E-state index contributed by atoms with van der Waals surface area (Å²) in [6, 6.07) is 5.46. The molecule has 1 heterocycles. The van der Waals surface area contributed by atoms with E-state index in [1.807, 2.05) is 36.7 Å². The lowest BCUT2D eigenvalue weighted by molar-refractivity contribution is -0.130. The van der Waals surface area contributed by atoms with Gasteiger partial charge in [-0.3, -0.25) is 9.80 Å². The smallest absolute Gasteiger partial charge is 0.238 e. The zero-order valence-electron chi connectivity index (χ0n) is 11.4. The van der Waals surface area contributed by atoms with Crippen molar-refractivity contribution in [2.45, 2.75) is 19.4 Å². The van der Waals surface area contributed by atoms with Gasteiger partial charge in [0, 0.05) is 26.6 Å². The Kier molecular flexibility index (Phi) is 3.55. The number of nitrogens with two attached hydrogens (primary N) is 2. The molecule has 2 rings (SSSR count). The Balaban J connectivity index is 2.28. The van der Waals surface area contributed by atoms with E-state index < -0.39 is 0 Å². The topological polar surface area (TPSA) is 90.2 Å². The van der Waals surface area contributed by atoms with E-state index in [9.17, 15) is 4.79 Å². The molecular weight excluding hydrogens is 242 g/mol. The van der Waals surface area contributed by atoms with Crippen LogP contribution < -0.4 is 11.6 Å². The van der Waals surface area contributed by atoms with Crippen LogP contribution in [0, 0.1) is 6.92 Å². The average molecular weight is 261 g/mol. The van der Waals surface area contributed by atoms with Gasteiger partial charge in [0.25, 0.3) is 0 Å². The molecule has 0 radical (unpaired) electrons. The van der Waals surface area contributed by atoms with Crippen molar-refractivity contribution in [1.29, 1.82) is 0 Å². The molecule has 19 heavy (non-hydrogen) atoms. The number of hydrogen-bond acceptors (Lipinski definition) is 4. The standard InChI is InChI=1S/C13H19N5O/c1-8-16-11-6-9(4-5-12(11)17(8)2)10(14)7-13(19)18(3)15/h4-6,10H,7,14-15H2,1-3H3. The molecule has 1 amide bonds. The molecule has 1 aromatic carbocycles. The summed E-state index contributed by atoms with van der Waals surface area (Å²) in [4.78, 5) is 16.0. The first-order valence-corrected chi connectivity index (χ1v) is 6.10. The summed E-state index contributed by atoms with van der Waals surface area (Å²) >= 11 is 0. The van der Waals surface area contributed by atoms with Crippen LogP contribution in [-0.2, 0) is 11.8 Å². The maximum absolute atomic E-state index is 11.5. The maximum Gasteiger partial charge on any atom is 0.238 e. The summed E-state index contributed by atoms with van der Waals surface area (Å²) in [5, 5.41) is 1.06. The zero-order chi connectivity index (χ0) is 14.2. The summed E-state index contributed by atoms with van der Waals surface area (Å²) in [5.41, 5.74) is 8.86. The van der Waals surface area contributed by atoms with Crippen LogP contribution in [0.5, 0.6) is 0 Å². The second-order valence-corrected chi connectivity index (χ2v) is 4.78. The number of nitrogens with zero attached hydrogens (tertiary/aromatic N) is 3. The molecule has 0 saturated carbocycles. The molecule has 0 spiro atoms. The molecular formula is C13H19N5O. The van der Waals surface area contributed by atoms with Gasteiger partial charge in [0.2, 0.25) is 5.91 Å². The third-order valence-corrected chi connectivity index (χ3v) is 3.34. The van der Waals surface area contributed by atoms with Crippen LogP contribution in [0.4, 0.5) is 0 Å². The lowest BCUT2D eigenvalue weighted by Crippen LogP contribution is -2.35. The number of rotatable bonds is 3. The first-order valence-electron chi connectivity index (χ1n) is 6.10. The highest BCUT2D eigenvalue weighted by atomic mass is 16.2. The normalized spacial score (nSPS) is 12.7. The molecule has 4 N–H and O–H groups in total. The van der Waals surface area contributed by atoms with Crippen LogP contribution in [0.3, 0.4) is 0 Å². The molecule has 1 unspecified atom stereocenters. The number of hydrogen-bond donors (Lipinski definition) is 2. The number of carbonyl (C=O) groups is 1. The number of benzene rings is 1. The first-order chi connectivity index (χ1) is 8.90. The van der Waals surface area contributed by atoms with Crippen LogP contribution in [-0.4, -0.2) is 27.5 Å². The van der Waals surface area contributed by atoms with Crippen molar-refractivity contribution in [1.82, 2.24) is 14.6 Å². The Bertz CT molecular complexity index is 617. The molecule has 6 heteroatoms. The third-order valence-electron chi connectivity index (χ3n) is 3.34. The molecule has 0 fully saturated rings. The fourth-order valence-corrected chi connectivity index (χ4v) is 2.02. The number of hydrazine groups is 1. The van der Waals surface area contributed by atoms with Gasteiger partial charge in [-0.1, -0.05) is 6.07 Å². The lowest BCUT2D eigenvalue weighted by atomic mass is 10.0. The van der Waals surface area contributed by atoms with E-state index >= 15 is 0 Å². The van der Waals surface area contributed by atoms with E-state index in [0.717, 1.165) is 27.4 Å². The third kappa shape index (κ3) is 2.59. The van der Waals surface area contributed by atoms with E-state index in [-0.39, 0.29) is 18.4 Å². The largest absolute Gasteiger partial charge is 0.331 e. The minimum atomic E-state index is -0.370. The number of fused-ring (bicyclic) bond motifs is 1. The van der Waals surface area contributed by atoms with Gasteiger partial charge >= 0.3 is 0 Å². The summed E-state index contributed by atoms with van der Waals surface area (Å²) in [5.74, 6) is 6.14. The van der Waals surface area contributed by atoms with Crippen molar-refractivity contribution in [3.05, 3.63) is 29.6 Å². The highest BCUT2D eigenvalue weighted by Gasteiger charge is 2.15. The number of aryl methyl sites for hydroxylation is 2. The van der Waals surface area contributed by atoms with Crippen molar-refractivity contribution in [3.63, 3.8) is 0 Å². The average Bonchev–Trinajstić information content (AvgIpc) is 2.64. The Hall–Kier alpha value is -1.92. The second-order valence-electron chi connectivity index (χ2n) is 4.78. The second kappa shape index (κ2) is 4.99. The predicted octanol–water partition coefficient (Wildman–Crippen LogP) is 0.604. The SMILES string of the molecule is Cc1nc2cc(C(N)CC(=O)N(C)N)ccc2n1C. The monoisotopic (exact) mass is 261 g/mol. The van der Waals surface area contributed by atoms with Gasteiger partial charge in [-0.05, 0) is 24.6 Å². The quantitative estimate of drug-likeness (QED) is 0.481. The zero-order valence-corrected chi connectivity index (χ0v) is 11.4. The summed E-state index contributed by atoms with van der Waals surface area (Å²) in [6.07, 6.45) is 0.185. The van der Waals surface area contributed by atoms with Gasteiger partial charge in [0.1, 0.15) is 5.82 Å². The van der Waals surface area contributed by atoms with Gasteiger partial charge in [-0.25, -0.2) is 10.8 Å². The summed E-state index contributed by atoms with van der Waals surface area (Å²) < 4.78 is 2.02. The fraction of sp³-hybridized carbons (Fsp3) is 0.385. The van der Waals surface area contributed by atoms with Gasteiger partial charge in [0.05, 0.1) is 11.0 Å². The molecule has 0 aliphatic heterocycles. The molecule has 102 valence electrons. The van der Waals surface area contributed by atoms with Crippen LogP contribution in [0.2, 0.25) is 0 Å². The first kappa shape index (κ1) is 13.5. The van der Waals surface area contributed by atoms with Gasteiger partial charge in [-0.2, -0.15) is 0 Å². The van der Waals surface area contributed by atoms with E-state index in [1.165, 1.54) is 7.05 Å². The molecule has 0 bridgehead atoms. The van der Waals surface area contributed by atoms with E-state index in [1.54, 1.807) is 0 Å². The minimum absolute atomic E-state index is 0.185. The summed E-state index contributed by atoms with van der Waals surface area (Å²) in [7, 11) is 3.48. The lowest BCUT2D eigenvalue weighted by Gasteiger charge is -2.15. The molecule has 2 aromatic rings. The fourth-order valence-electron chi connectivity index (χ4n) is 2.02. The van der Waals surface area contributed by atoms with Gasteiger partial charge in [-0.15, -0.1) is 0 Å². The minimum Gasteiger partial charge on any atom is -0.331 e. The van der Waals surface area contributed by atoms with E-state index in [2.05, 4.69) is 4.98 Å². The Morgan fingerprint density at radius 3 is 2.84 bits per heavy atom. The predicted molar refractivity (Wildman–Crippen MR) is 74.0 cm³/mol. The van der Waals surface area contributed by atoms with Crippen LogP contribution in [0.15, 0.2) is 18.2 Å². The highest BCUT2D eigenvalue weighted by molar-refractivity contribution is 5.78. The van der Waals surface area contributed by atoms with Gasteiger partial charge < -0.3 is 10.3 Å². The number of carbonyl (C=O) groups excluding carboxylic acids is 1. The van der Waals surface area contributed by atoms with E-state index in [4.69, 9.17) is 11.6 Å². The van der Waals surface area contributed by atoms with Crippen LogP contribution in [0.25, 0.3) is 11.0 Å². The molecule has 1 atom stereocenters. The molecule has 0 saturated heterocycles. The maximum atomic E-state index is 11.5. The number of amides is 1. The van der Waals surface area contributed by atoms with Crippen molar-refractivity contribution < 1.29 is 4.79 Å². The number of imidazole rings is 1. The highest BCUT2D eigenvalue weighted by Crippen LogP contribution is 2.21. The Morgan fingerprint density at radius 2 is 2.21 bits per heavy atom. The van der Waals surface area contributed by atoms with Crippen LogP contribution in [0.1, 0.15) is 23.9 Å². The Morgan fingerprint density at radius 1 is 1.53 bits per heavy atom. The molecule has 0 aliphatic rings.